The minimum atomic E-state index is -1.16. The van der Waals surface area contributed by atoms with Crippen LogP contribution in [0, 0.1) is 11.3 Å². The van der Waals surface area contributed by atoms with Crippen LogP contribution >= 0.6 is 0 Å². The van der Waals surface area contributed by atoms with Crippen LogP contribution in [0.2, 0.25) is 0 Å². The zero-order valence-electron chi connectivity index (χ0n) is 10.8. The number of nitrogens with zero attached hydrogens (tertiary/aromatic N) is 3. The SMILES string of the molecule is N#Cc1ccc(C(=O)N[C@H](Cc2cnc[nH]2)C(=O)O)nc1. The second-order valence-corrected chi connectivity index (χ2v) is 4.19. The summed E-state index contributed by atoms with van der Waals surface area (Å²) in [6.45, 7) is 0. The summed E-state index contributed by atoms with van der Waals surface area (Å²) >= 11 is 0. The topological polar surface area (TPSA) is 132 Å². The standard InChI is InChI=1S/C13H11N5O3/c14-4-8-1-2-10(16-5-8)12(19)18-11(13(20)21)3-9-6-15-7-17-9/h1-2,5-7,11H,3H2,(H,15,17)(H,18,19)(H,20,21)/t11-/m1/s1. The van der Waals surface area contributed by atoms with Crippen molar-refractivity contribution in [2.75, 3.05) is 0 Å². The van der Waals surface area contributed by atoms with Crippen molar-refractivity contribution < 1.29 is 14.7 Å². The fourth-order valence-corrected chi connectivity index (χ4v) is 1.64. The van der Waals surface area contributed by atoms with Gasteiger partial charge in [-0.25, -0.2) is 14.8 Å². The molecule has 0 aromatic carbocycles. The number of nitriles is 1. The van der Waals surface area contributed by atoms with E-state index < -0.39 is 17.9 Å². The maximum absolute atomic E-state index is 11.9. The van der Waals surface area contributed by atoms with Gasteiger partial charge in [0.05, 0.1) is 11.9 Å². The van der Waals surface area contributed by atoms with Gasteiger partial charge in [-0.1, -0.05) is 0 Å². The van der Waals surface area contributed by atoms with Crippen LogP contribution in [0.25, 0.3) is 0 Å². The molecule has 1 atom stereocenters. The summed E-state index contributed by atoms with van der Waals surface area (Å²) < 4.78 is 0. The van der Waals surface area contributed by atoms with E-state index in [1.807, 2.05) is 6.07 Å². The van der Waals surface area contributed by atoms with Gasteiger partial charge in [0.2, 0.25) is 0 Å². The van der Waals surface area contributed by atoms with E-state index in [4.69, 9.17) is 10.4 Å². The normalized spacial score (nSPS) is 11.4. The molecule has 0 aliphatic carbocycles. The summed E-state index contributed by atoms with van der Waals surface area (Å²) in [6.07, 6.45) is 4.25. The fraction of sp³-hybridized carbons (Fsp3) is 0.154. The smallest absolute Gasteiger partial charge is 0.326 e. The molecule has 2 rings (SSSR count). The van der Waals surface area contributed by atoms with Crippen LogP contribution in [-0.2, 0) is 11.2 Å². The number of pyridine rings is 1. The van der Waals surface area contributed by atoms with Gasteiger partial charge in [-0.05, 0) is 12.1 Å². The molecule has 106 valence electrons. The van der Waals surface area contributed by atoms with Gasteiger partial charge in [0, 0.05) is 24.5 Å². The molecule has 0 bridgehead atoms. The third kappa shape index (κ3) is 3.63. The van der Waals surface area contributed by atoms with Crippen molar-refractivity contribution in [3.63, 3.8) is 0 Å². The Morgan fingerprint density at radius 3 is 2.76 bits per heavy atom. The Bertz CT molecular complexity index is 673. The monoisotopic (exact) mass is 285 g/mol. The Morgan fingerprint density at radius 1 is 1.43 bits per heavy atom. The quantitative estimate of drug-likeness (QED) is 0.714. The second-order valence-electron chi connectivity index (χ2n) is 4.19. The molecule has 8 nitrogen and oxygen atoms in total. The molecule has 0 unspecified atom stereocenters. The third-order valence-corrected chi connectivity index (χ3v) is 2.71. The first-order chi connectivity index (χ1) is 10.1. The molecule has 2 aromatic rings. The van der Waals surface area contributed by atoms with E-state index in [1.54, 1.807) is 0 Å². The van der Waals surface area contributed by atoms with Crippen molar-refractivity contribution in [1.82, 2.24) is 20.3 Å². The number of rotatable bonds is 5. The summed E-state index contributed by atoms with van der Waals surface area (Å²) in [7, 11) is 0. The lowest BCUT2D eigenvalue weighted by molar-refractivity contribution is -0.139. The number of carbonyl (C=O) groups is 2. The molecule has 0 aliphatic rings. The van der Waals surface area contributed by atoms with E-state index in [9.17, 15) is 9.59 Å². The Kier molecular flexibility index (Phi) is 4.26. The maximum Gasteiger partial charge on any atom is 0.326 e. The van der Waals surface area contributed by atoms with Gasteiger partial charge >= 0.3 is 5.97 Å². The van der Waals surface area contributed by atoms with Crippen molar-refractivity contribution in [2.24, 2.45) is 0 Å². The first-order valence-corrected chi connectivity index (χ1v) is 5.97. The number of carbonyl (C=O) groups excluding carboxylic acids is 1. The third-order valence-electron chi connectivity index (χ3n) is 2.71. The molecule has 0 saturated heterocycles. The number of hydrogen-bond donors (Lipinski definition) is 3. The number of aromatic amines is 1. The van der Waals surface area contributed by atoms with E-state index in [2.05, 4.69) is 20.3 Å². The number of imidazole rings is 1. The number of amides is 1. The highest BCUT2D eigenvalue weighted by atomic mass is 16.4. The van der Waals surface area contributed by atoms with Gasteiger partial charge in [-0.2, -0.15) is 5.26 Å². The highest BCUT2D eigenvalue weighted by molar-refractivity contribution is 5.95. The molecule has 0 saturated carbocycles. The highest BCUT2D eigenvalue weighted by Gasteiger charge is 2.22. The van der Waals surface area contributed by atoms with Crippen molar-refractivity contribution >= 4 is 11.9 Å². The van der Waals surface area contributed by atoms with Gasteiger partial charge in [0.15, 0.2) is 0 Å². The number of aliphatic carboxylic acids is 1. The van der Waals surface area contributed by atoms with E-state index in [-0.39, 0.29) is 12.1 Å². The van der Waals surface area contributed by atoms with E-state index in [0.717, 1.165) is 0 Å². The van der Waals surface area contributed by atoms with Crippen LogP contribution in [0.1, 0.15) is 21.7 Å². The van der Waals surface area contributed by atoms with Crippen LogP contribution in [0.3, 0.4) is 0 Å². The number of aromatic nitrogens is 3. The molecule has 21 heavy (non-hydrogen) atoms. The Hall–Kier alpha value is -3.21. The Morgan fingerprint density at radius 2 is 2.24 bits per heavy atom. The average molecular weight is 285 g/mol. The molecule has 0 spiro atoms. The van der Waals surface area contributed by atoms with Gasteiger partial charge in [0.1, 0.15) is 17.8 Å². The largest absolute Gasteiger partial charge is 0.480 e. The molecule has 2 heterocycles. The molecule has 1 amide bonds. The van der Waals surface area contributed by atoms with Crippen LogP contribution in [0.4, 0.5) is 0 Å². The first kappa shape index (κ1) is 14.2. The zero-order valence-corrected chi connectivity index (χ0v) is 10.8. The van der Waals surface area contributed by atoms with Crippen LogP contribution < -0.4 is 5.32 Å². The minimum Gasteiger partial charge on any atom is -0.480 e. The average Bonchev–Trinajstić information content (AvgIpc) is 2.99. The molecule has 3 N–H and O–H groups in total. The predicted molar refractivity (Wildman–Crippen MR) is 70.1 cm³/mol. The summed E-state index contributed by atoms with van der Waals surface area (Å²) in [4.78, 5) is 33.5. The van der Waals surface area contributed by atoms with Gasteiger partial charge in [-0.15, -0.1) is 0 Å². The number of hydrogen-bond acceptors (Lipinski definition) is 5. The lowest BCUT2D eigenvalue weighted by Gasteiger charge is -2.13. The van der Waals surface area contributed by atoms with Crippen LogP contribution in [0.5, 0.6) is 0 Å². The number of carboxylic acids is 1. The first-order valence-electron chi connectivity index (χ1n) is 5.97. The summed E-state index contributed by atoms with van der Waals surface area (Å²) in [5.74, 6) is -1.78. The highest BCUT2D eigenvalue weighted by Crippen LogP contribution is 2.02. The molecular formula is C13H11N5O3. The lowest BCUT2D eigenvalue weighted by atomic mass is 10.1. The maximum atomic E-state index is 11.9. The van der Waals surface area contributed by atoms with Gasteiger partial charge < -0.3 is 15.4 Å². The van der Waals surface area contributed by atoms with Crippen LogP contribution in [0.15, 0.2) is 30.9 Å². The molecule has 0 aliphatic heterocycles. The minimum absolute atomic E-state index is 0.0462. The second kappa shape index (κ2) is 6.29. The zero-order chi connectivity index (χ0) is 15.2. The van der Waals surface area contributed by atoms with Crippen molar-refractivity contribution in [3.05, 3.63) is 47.8 Å². The predicted octanol–water partition coefficient (Wildman–Crippen LogP) is 0.102. The van der Waals surface area contributed by atoms with Crippen molar-refractivity contribution in [2.45, 2.75) is 12.5 Å². The summed E-state index contributed by atoms with van der Waals surface area (Å²) in [6, 6.07) is 3.58. The van der Waals surface area contributed by atoms with Gasteiger partial charge in [-0.3, -0.25) is 4.79 Å². The molecule has 0 fully saturated rings. The summed E-state index contributed by atoms with van der Waals surface area (Å²) in [5.41, 5.74) is 0.958. The lowest BCUT2D eigenvalue weighted by Crippen LogP contribution is -2.42. The molecule has 2 aromatic heterocycles. The molecule has 0 radical (unpaired) electrons. The van der Waals surface area contributed by atoms with Crippen molar-refractivity contribution in [3.8, 4) is 6.07 Å². The number of nitrogens with one attached hydrogen (secondary N) is 2. The van der Waals surface area contributed by atoms with Crippen molar-refractivity contribution in [1.29, 1.82) is 5.26 Å². The van der Waals surface area contributed by atoms with Crippen LogP contribution in [-0.4, -0.2) is 38.0 Å². The number of H-pyrrole nitrogens is 1. The Labute approximate surface area is 119 Å². The molecular weight excluding hydrogens is 274 g/mol. The van der Waals surface area contributed by atoms with E-state index in [0.29, 0.717) is 11.3 Å². The molecule has 8 heteroatoms. The van der Waals surface area contributed by atoms with Gasteiger partial charge in [0.25, 0.3) is 5.91 Å². The number of carboxylic acid groups (broad SMARTS) is 1. The van der Waals surface area contributed by atoms with E-state index in [1.165, 1.54) is 30.9 Å². The van der Waals surface area contributed by atoms with E-state index >= 15 is 0 Å². The Balaban J connectivity index is 2.07. The fourth-order valence-electron chi connectivity index (χ4n) is 1.64. The summed E-state index contributed by atoms with van der Waals surface area (Å²) in [5, 5.41) is 20.2.